The number of amides is 1. The summed E-state index contributed by atoms with van der Waals surface area (Å²) in [6, 6.07) is 5.68. The number of aromatic nitrogens is 1. The monoisotopic (exact) mass is 304 g/mol. The number of hydrogen-bond acceptors (Lipinski definition) is 4. The first-order valence-corrected chi connectivity index (χ1v) is 8.14. The summed E-state index contributed by atoms with van der Waals surface area (Å²) >= 11 is 0. The molecule has 0 saturated carbocycles. The number of carbonyl (C=O) groups is 1. The Hall–Kier alpha value is -1.46. The lowest BCUT2D eigenvalue weighted by molar-refractivity contribution is -0.135. The van der Waals surface area contributed by atoms with Crippen LogP contribution in [0.1, 0.15) is 31.9 Å². The van der Waals surface area contributed by atoms with Crippen LogP contribution in [0, 0.1) is 0 Å². The van der Waals surface area contributed by atoms with Crippen LogP contribution in [0.25, 0.3) is 0 Å². The van der Waals surface area contributed by atoms with Crippen LogP contribution >= 0.6 is 0 Å². The lowest BCUT2D eigenvalue weighted by Crippen LogP contribution is -2.47. The smallest absolute Gasteiger partial charge is 0.228 e. The second-order valence-electron chi connectivity index (χ2n) is 6.15. The first kappa shape index (κ1) is 15.4. The Bertz CT molecular complexity index is 498. The van der Waals surface area contributed by atoms with E-state index in [4.69, 9.17) is 9.47 Å². The van der Waals surface area contributed by atoms with Gasteiger partial charge in [-0.3, -0.25) is 9.78 Å². The molecule has 0 unspecified atom stereocenters. The molecule has 1 spiro atoms. The van der Waals surface area contributed by atoms with Crippen LogP contribution in [-0.2, 0) is 20.7 Å². The Morgan fingerprint density at radius 1 is 1.45 bits per heavy atom. The van der Waals surface area contributed by atoms with E-state index in [1.165, 1.54) is 0 Å². The van der Waals surface area contributed by atoms with E-state index in [0.29, 0.717) is 13.0 Å². The quantitative estimate of drug-likeness (QED) is 0.851. The van der Waals surface area contributed by atoms with Gasteiger partial charge in [-0.1, -0.05) is 6.07 Å². The van der Waals surface area contributed by atoms with Crippen molar-refractivity contribution in [3.8, 4) is 0 Å². The molecule has 2 aliphatic heterocycles. The van der Waals surface area contributed by atoms with Crippen LogP contribution in [0.5, 0.6) is 0 Å². The van der Waals surface area contributed by atoms with Gasteiger partial charge in [0, 0.05) is 38.0 Å². The molecule has 0 bridgehead atoms. The Morgan fingerprint density at radius 3 is 2.95 bits per heavy atom. The molecule has 120 valence electrons. The zero-order chi connectivity index (χ0) is 15.4. The number of hydrogen-bond donors (Lipinski definition) is 0. The first-order valence-electron chi connectivity index (χ1n) is 8.14. The lowest BCUT2D eigenvalue weighted by Gasteiger charge is -2.38. The minimum absolute atomic E-state index is 0.0678. The van der Waals surface area contributed by atoms with Crippen LogP contribution in [-0.4, -0.2) is 53.8 Å². The number of likely N-dealkylation sites (tertiary alicyclic amines) is 1. The Balaban J connectivity index is 1.50. The summed E-state index contributed by atoms with van der Waals surface area (Å²) in [5, 5.41) is 0. The van der Waals surface area contributed by atoms with Gasteiger partial charge in [0.05, 0.1) is 24.7 Å². The zero-order valence-corrected chi connectivity index (χ0v) is 13.2. The summed E-state index contributed by atoms with van der Waals surface area (Å²) in [6.45, 7) is 4.98. The summed E-state index contributed by atoms with van der Waals surface area (Å²) in [5.74, 6) is 0.160. The van der Waals surface area contributed by atoms with Gasteiger partial charge in [0.2, 0.25) is 5.91 Å². The highest BCUT2D eigenvalue weighted by Crippen LogP contribution is 2.37. The number of pyridine rings is 1. The first-order chi connectivity index (χ1) is 10.7. The summed E-state index contributed by atoms with van der Waals surface area (Å²) in [4.78, 5) is 18.5. The van der Waals surface area contributed by atoms with E-state index in [-0.39, 0.29) is 17.6 Å². The fraction of sp³-hybridized carbons (Fsp3) is 0.647. The van der Waals surface area contributed by atoms with Crippen LogP contribution in [0.15, 0.2) is 24.4 Å². The molecule has 3 heterocycles. The standard InChI is InChI=1S/C17H24N2O3/c1-2-21-15-12-17(22-13-15)6-9-19(10-7-17)16(20)11-14-5-3-4-8-18-14/h3-5,8,15H,2,6-7,9-13H2,1H3/t15-/m0/s1. The molecule has 0 radical (unpaired) electrons. The van der Waals surface area contributed by atoms with E-state index >= 15 is 0 Å². The largest absolute Gasteiger partial charge is 0.376 e. The van der Waals surface area contributed by atoms with Gasteiger partial charge in [-0.05, 0) is 31.9 Å². The van der Waals surface area contributed by atoms with E-state index in [9.17, 15) is 4.79 Å². The van der Waals surface area contributed by atoms with E-state index in [1.807, 2.05) is 30.0 Å². The van der Waals surface area contributed by atoms with Crippen molar-refractivity contribution in [3.63, 3.8) is 0 Å². The third-order valence-electron chi connectivity index (χ3n) is 4.66. The summed E-state index contributed by atoms with van der Waals surface area (Å²) in [7, 11) is 0. The van der Waals surface area contributed by atoms with Crippen molar-refractivity contribution in [3.05, 3.63) is 30.1 Å². The molecule has 2 fully saturated rings. The molecule has 5 heteroatoms. The molecule has 5 nitrogen and oxygen atoms in total. The van der Waals surface area contributed by atoms with Gasteiger partial charge in [-0.2, -0.15) is 0 Å². The number of nitrogens with zero attached hydrogens (tertiary/aromatic N) is 2. The average Bonchev–Trinajstić information content (AvgIpc) is 2.92. The molecule has 1 atom stereocenters. The van der Waals surface area contributed by atoms with Gasteiger partial charge in [-0.25, -0.2) is 0 Å². The summed E-state index contributed by atoms with van der Waals surface area (Å²) in [6.07, 6.45) is 5.11. The molecular formula is C17H24N2O3. The fourth-order valence-electron chi connectivity index (χ4n) is 3.43. The van der Waals surface area contributed by atoms with Crippen molar-refractivity contribution >= 4 is 5.91 Å². The van der Waals surface area contributed by atoms with Crippen LogP contribution in [0.4, 0.5) is 0 Å². The molecule has 2 saturated heterocycles. The summed E-state index contributed by atoms with van der Waals surface area (Å²) in [5.41, 5.74) is 0.767. The topological polar surface area (TPSA) is 51.7 Å². The second-order valence-corrected chi connectivity index (χ2v) is 6.15. The molecule has 2 aliphatic rings. The van der Waals surface area contributed by atoms with Gasteiger partial charge in [0.15, 0.2) is 0 Å². The lowest BCUT2D eigenvalue weighted by atomic mass is 9.88. The Kier molecular flexibility index (Phi) is 4.74. The highest BCUT2D eigenvalue weighted by atomic mass is 16.6. The van der Waals surface area contributed by atoms with E-state index in [2.05, 4.69) is 4.98 Å². The average molecular weight is 304 g/mol. The van der Waals surface area contributed by atoms with Gasteiger partial charge < -0.3 is 14.4 Å². The van der Waals surface area contributed by atoms with E-state index in [1.54, 1.807) is 6.20 Å². The highest BCUT2D eigenvalue weighted by Gasteiger charge is 2.43. The van der Waals surface area contributed by atoms with Gasteiger partial charge in [-0.15, -0.1) is 0 Å². The predicted molar refractivity (Wildman–Crippen MR) is 82.5 cm³/mol. The Morgan fingerprint density at radius 2 is 2.27 bits per heavy atom. The van der Waals surface area contributed by atoms with Crippen molar-refractivity contribution in [2.75, 3.05) is 26.3 Å². The maximum atomic E-state index is 12.4. The van der Waals surface area contributed by atoms with Crippen molar-refractivity contribution < 1.29 is 14.3 Å². The molecule has 3 rings (SSSR count). The molecule has 0 aliphatic carbocycles. The summed E-state index contributed by atoms with van der Waals surface area (Å²) < 4.78 is 11.7. The molecule has 0 aromatic carbocycles. The van der Waals surface area contributed by atoms with E-state index in [0.717, 1.165) is 44.7 Å². The van der Waals surface area contributed by atoms with Crippen LogP contribution in [0.3, 0.4) is 0 Å². The molecule has 1 amide bonds. The Labute approximate surface area is 131 Å². The molecule has 22 heavy (non-hydrogen) atoms. The zero-order valence-electron chi connectivity index (χ0n) is 13.2. The molecule has 0 N–H and O–H groups in total. The normalized spacial score (nSPS) is 23.9. The van der Waals surface area contributed by atoms with Crippen molar-refractivity contribution in [2.24, 2.45) is 0 Å². The number of piperidine rings is 1. The second kappa shape index (κ2) is 6.75. The van der Waals surface area contributed by atoms with Crippen molar-refractivity contribution in [2.45, 2.75) is 44.3 Å². The van der Waals surface area contributed by atoms with Crippen molar-refractivity contribution in [1.82, 2.24) is 9.88 Å². The minimum atomic E-state index is -0.0678. The van der Waals surface area contributed by atoms with Gasteiger partial charge in [0.25, 0.3) is 0 Å². The third kappa shape index (κ3) is 3.47. The number of carbonyl (C=O) groups excluding carboxylic acids is 1. The highest BCUT2D eigenvalue weighted by molar-refractivity contribution is 5.78. The van der Waals surface area contributed by atoms with E-state index < -0.39 is 0 Å². The SMILES string of the molecule is CCO[C@@H]1COC2(CCN(C(=O)Cc3ccccn3)CC2)C1. The fourth-order valence-corrected chi connectivity index (χ4v) is 3.43. The van der Waals surface area contributed by atoms with Crippen molar-refractivity contribution in [1.29, 1.82) is 0 Å². The van der Waals surface area contributed by atoms with Crippen LogP contribution < -0.4 is 0 Å². The number of ether oxygens (including phenoxy) is 2. The van der Waals surface area contributed by atoms with Crippen LogP contribution in [0.2, 0.25) is 0 Å². The molecule has 1 aromatic rings. The molecule has 1 aromatic heterocycles. The predicted octanol–water partition coefficient (Wildman–Crippen LogP) is 1.81. The minimum Gasteiger partial charge on any atom is -0.376 e. The maximum Gasteiger partial charge on any atom is 0.228 e. The van der Waals surface area contributed by atoms with Gasteiger partial charge in [0.1, 0.15) is 0 Å². The van der Waals surface area contributed by atoms with Gasteiger partial charge >= 0.3 is 0 Å². The third-order valence-corrected chi connectivity index (χ3v) is 4.66. The number of rotatable bonds is 4. The molecular weight excluding hydrogens is 280 g/mol. The maximum absolute atomic E-state index is 12.4.